The zero-order valence-corrected chi connectivity index (χ0v) is 20.0. The summed E-state index contributed by atoms with van der Waals surface area (Å²) in [6, 6.07) is 14.2. The number of hydrogen-bond donors (Lipinski definition) is 1. The van der Waals surface area contributed by atoms with Crippen LogP contribution in [0.1, 0.15) is 27.7 Å². The van der Waals surface area contributed by atoms with Crippen LogP contribution >= 0.6 is 34.8 Å². The van der Waals surface area contributed by atoms with Crippen molar-refractivity contribution in [3.05, 3.63) is 105 Å². The Kier molecular flexibility index (Phi) is 6.42. The number of fused-ring (bicyclic) bond motifs is 1. The molecule has 0 aliphatic carbocycles. The molecule has 1 N–H and O–H groups in total. The highest BCUT2D eigenvalue weighted by Crippen LogP contribution is 2.31. The number of halogens is 4. The summed E-state index contributed by atoms with van der Waals surface area (Å²) in [6.45, 7) is 0.0882. The fourth-order valence-electron chi connectivity index (χ4n) is 3.65. The molecule has 0 aliphatic rings. The Balaban J connectivity index is 1.44. The minimum Gasteiger partial charge on any atom is -0.440 e. The van der Waals surface area contributed by atoms with Crippen molar-refractivity contribution in [1.82, 2.24) is 25.1 Å². The molecule has 3 aromatic carbocycles. The van der Waals surface area contributed by atoms with Crippen LogP contribution < -0.4 is 5.32 Å². The molecule has 0 bridgehead atoms. The van der Waals surface area contributed by atoms with E-state index in [-0.39, 0.29) is 28.0 Å². The van der Waals surface area contributed by atoms with Crippen molar-refractivity contribution in [3.63, 3.8) is 0 Å². The molecule has 0 saturated carbocycles. The van der Waals surface area contributed by atoms with E-state index in [2.05, 4.69) is 20.5 Å². The molecule has 0 saturated heterocycles. The van der Waals surface area contributed by atoms with Gasteiger partial charge in [0.05, 0.1) is 27.2 Å². The molecule has 1 atom stereocenters. The minimum atomic E-state index is -0.514. The number of nitrogens with zero attached hydrogens (tertiary/aromatic N) is 4. The first-order valence-corrected chi connectivity index (χ1v) is 11.5. The Morgan fingerprint density at radius 3 is 2.37 bits per heavy atom. The summed E-state index contributed by atoms with van der Waals surface area (Å²) in [5, 5.41) is 11.2. The van der Waals surface area contributed by atoms with E-state index in [0.29, 0.717) is 33.3 Å². The van der Waals surface area contributed by atoms with Gasteiger partial charge in [-0.3, -0.25) is 9.36 Å². The summed E-state index contributed by atoms with van der Waals surface area (Å²) < 4.78 is 21.1. The minimum absolute atomic E-state index is 0.0882. The van der Waals surface area contributed by atoms with Crippen LogP contribution in [0.3, 0.4) is 0 Å². The van der Waals surface area contributed by atoms with Crippen LogP contribution in [0.25, 0.3) is 16.8 Å². The number of carbonyl (C=O) groups is 1. The molecular formula is C24H15Cl3FN5O2. The van der Waals surface area contributed by atoms with Gasteiger partial charge in [0.1, 0.15) is 24.0 Å². The Hall–Kier alpha value is -3.46. The lowest BCUT2D eigenvalue weighted by Gasteiger charge is -2.16. The predicted molar refractivity (Wildman–Crippen MR) is 131 cm³/mol. The largest absolute Gasteiger partial charge is 0.440 e. The summed E-state index contributed by atoms with van der Waals surface area (Å²) in [4.78, 5) is 17.6. The number of benzene rings is 3. The summed E-state index contributed by atoms with van der Waals surface area (Å²) in [6.07, 6.45) is 2.98. The molecule has 0 spiro atoms. The number of rotatable bonds is 6. The second-order valence-electron chi connectivity index (χ2n) is 7.63. The summed E-state index contributed by atoms with van der Waals surface area (Å²) >= 11 is 18.9. The van der Waals surface area contributed by atoms with Gasteiger partial charge < -0.3 is 9.73 Å². The van der Waals surface area contributed by atoms with E-state index in [9.17, 15) is 9.18 Å². The molecule has 1 unspecified atom stereocenters. The quantitative estimate of drug-likeness (QED) is 0.288. The van der Waals surface area contributed by atoms with Crippen molar-refractivity contribution < 1.29 is 13.6 Å². The Bertz CT molecular complexity index is 1500. The number of oxazole rings is 1. The van der Waals surface area contributed by atoms with Gasteiger partial charge >= 0.3 is 0 Å². The average molecular weight is 531 g/mol. The van der Waals surface area contributed by atoms with Gasteiger partial charge in [0, 0.05) is 17.6 Å². The highest BCUT2D eigenvalue weighted by molar-refractivity contribution is 6.40. The summed E-state index contributed by atoms with van der Waals surface area (Å²) in [5.41, 5.74) is 2.54. The summed E-state index contributed by atoms with van der Waals surface area (Å²) in [7, 11) is 0. The SMILES string of the molecule is O=C(NCC(c1ccc(F)cc1)c1nc2ccc(Cl)cc2o1)c1c(Cl)cc(-n2cnnc2)cc1Cl. The smallest absolute Gasteiger partial charge is 0.254 e. The molecule has 0 fully saturated rings. The Morgan fingerprint density at radius 2 is 1.69 bits per heavy atom. The lowest BCUT2D eigenvalue weighted by atomic mass is 9.98. The molecule has 7 nitrogen and oxygen atoms in total. The van der Waals surface area contributed by atoms with Crippen molar-refractivity contribution >= 4 is 51.8 Å². The molecule has 0 radical (unpaired) electrons. The van der Waals surface area contributed by atoms with E-state index in [1.54, 1.807) is 47.0 Å². The Labute approximate surface area is 213 Å². The van der Waals surface area contributed by atoms with E-state index in [1.165, 1.54) is 24.8 Å². The molecule has 11 heteroatoms. The molecule has 35 heavy (non-hydrogen) atoms. The van der Waals surface area contributed by atoms with Crippen LogP contribution in [0.4, 0.5) is 4.39 Å². The van der Waals surface area contributed by atoms with Crippen molar-refractivity contribution in [3.8, 4) is 5.69 Å². The zero-order valence-electron chi connectivity index (χ0n) is 17.8. The maximum absolute atomic E-state index is 13.6. The van der Waals surface area contributed by atoms with Crippen molar-refractivity contribution in [2.75, 3.05) is 6.54 Å². The fraction of sp³-hybridized carbons (Fsp3) is 0.0833. The molecule has 2 aromatic heterocycles. The molecule has 176 valence electrons. The lowest BCUT2D eigenvalue weighted by Crippen LogP contribution is -2.29. The Morgan fingerprint density at radius 1 is 1.00 bits per heavy atom. The van der Waals surface area contributed by atoms with E-state index in [4.69, 9.17) is 39.2 Å². The van der Waals surface area contributed by atoms with Crippen LogP contribution in [0.15, 0.2) is 71.7 Å². The molecule has 5 rings (SSSR count). The number of aromatic nitrogens is 4. The first-order chi connectivity index (χ1) is 16.9. The lowest BCUT2D eigenvalue weighted by molar-refractivity contribution is 0.0952. The van der Waals surface area contributed by atoms with Gasteiger partial charge in [-0.25, -0.2) is 9.37 Å². The van der Waals surface area contributed by atoms with Gasteiger partial charge in [-0.1, -0.05) is 46.9 Å². The number of nitrogens with one attached hydrogen (secondary N) is 1. The second kappa shape index (κ2) is 9.65. The monoisotopic (exact) mass is 529 g/mol. The number of carbonyl (C=O) groups excluding carboxylic acids is 1. The van der Waals surface area contributed by atoms with Crippen LogP contribution in [-0.2, 0) is 0 Å². The van der Waals surface area contributed by atoms with E-state index in [1.807, 2.05) is 0 Å². The average Bonchev–Trinajstić information content (AvgIpc) is 3.50. The van der Waals surface area contributed by atoms with E-state index < -0.39 is 11.8 Å². The van der Waals surface area contributed by atoms with E-state index >= 15 is 0 Å². The molecule has 2 heterocycles. The third kappa shape index (κ3) is 4.86. The second-order valence-corrected chi connectivity index (χ2v) is 8.88. The highest BCUT2D eigenvalue weighted by Gasteiger charge is 2.24. The highest BCUT2D eigenvalue weighted by atomic mass is 35.5. The molecule has 0 aliphatic heterocycles. The van der Waals surface area contributed by atoms with Gasteiger partial charge in [-0.15, -0.1) is 10.2 Å². The maximum atomic E-state index is 13.6. The van der Waals surface area contributed by atoms with Crippen LogP contribution in [0.2, 0.25) is 15.1 Å². The topological polar surface area (TPSA) is 85.8 Å². The molecule has 1 amide bonds. The third-order valence-electron chi connectivity index (χ3n) is 5.38. The molecular weight excluding hydrogens is 516 g/mol. The fourth-order valence-corrected chi connectivity index (χ4v) is 4.46. The normalized spacial score (nSPS) is 12.1. The first kappa shape index (κ1) is 23.3. The van der Waals surface area contributed by atoms with Crippen LogP contribution in [-0.4, -0.2) is 32.2 Å². The van der Waals surface area contributed by atoms with E-state index in [0.717, 1.165) is 0 Å². The number of amides is 1. The zero-order chi connectivity index (χ0) is 24.5. The summed E-state index contributed by atoms with van der Waals surface area (Å²) in [5.74, 6) is -1.04. The van der Waals surface area contributed by atoms with Crippen molar-refractivity contribution in [2.24, 2.45) is 0 Å². The van der Waals surface area contributed by atoms with Crippen molar-refractivity contribution in [1.29, 1.82) is 0 Å². The third-order valence-corrected chi connectivity index (χ3v) is 6.21. The molecule has 5 aromatic rings. The van der Waals surface area contributed by atoms with Gasteiger partial charge in [0.2, 0.25) is 5.89 Å². The van der Waals surface area contributed by atoms with Crippen LogP contribution in [0, 0.1) is 5.82 Å². The standard InChI is InChI=1S/C24H15Cl3FN5O2/c25-14-3-6-20-21(7-14)35-24(32-20)17(13-1-4-15(28)5-2-13)10-29-23(34)22-18(26)8-16(9-19(22)27)33-11-30-31-12-33/h1-9,11-12,17H,10H2,(H,29,34). The van der Waals surface area contributed by atoms with Crippen molar-refractivity contribution in [2.45, 2.75) is 5.92 Å². The maximum Gasteiger partial charge on any atom is 0.254 e. The van der Waals surface area contributed by atoms with Gasteiger partial charge in [-0.2, -0.15) is 0 Å². The first-order valence-electron chi connectivity index (χ1n) is 10.3. The van der Waals surface area contributed by atoms with Gasteiger partial charge in [-0.05, 0) is 42.0 Å². The van der Waals surface area contributed by atoms with Gasteiger partial charge in [0.25, 0.3) is 5.91 Å². The number of hydrogen-bond acceptors (Lipinski definition) is 5. The van der Waals surface area contributed by atoms with Crippen LogP contribution in [0.5, 0.6) is 0 Å². The predicted octanol–water partition coefficient (Wildman–Crippen LogP) is 6.07. The van der Waals surface area contributed by atoms with Gasteiger partial charge in [0.15, 0.2) is 5.58 Å².